The van der Waals surface area contributed by atoms with E-state index >= 15 is 0 Å². The van der Waals surface area contributed by atoms with E-state index < -0.39 is 5.37 Å². The highest BCUT2D eigenvalue weighted by Gasteiger charge is 2.18. The van der Waals surface area contributed by atoms with Crippen LogP contribution in [0.15, 0.2) is 30.3 Å². The molecule has 1 amide bonds. The first-order chi connectivity index (χ1) is 7.66. The van der Waals surface area contributed by atoms with Crippen LogP contribution < -0.4 is 0 Å². The summed E-state index contributed by atoms with van der Waals surface area (Å²) in [5, 5.41) is 1.20. The van der Waals surface area contributed by atoms with Gasteiger partial charge in [0.1, 0.15) is 0 Å². The lowest BCUT2D eigenvalue weighted by Crippen LogP contribution is -2.31. The van der Waals surface area contributed by atoms with Crippen LogP contribution >= 0.6 is 23.2 Å². The first kappa shape index (κ1) is 11.5. The van der Waals surface area contributed by atoms with E-state index in [0.717, 1.165) is 16.2 Å². The number of carbonyl (C=O) groups is 1. The molecular weight excluding hydrogens is 249 g/mol. The molecule has 0 unspecified atom stereocenters. The van der Waals surface area contributed by atoms with E-state index in [9.17, 15) is 4.79 Å². The van der Waals surface area contributed by atoms with Crippen LogP contribution in [0.4, 0.5) is 4.79 Å². The topological polar surface area (TPSA) is 29.5 Å². The van der Waals surface area contributed by atoms with Crippen molar-refractivity contribution in [3.05, 3.63) is 40.9 Å². The van der Waals surface area contributed by atoms with Crippen molar-refractivity contribution in [3.63, 3.8) is 0 Å². The standard InChI is InChI=1S/C11H9Cl2NO2/c12-10-3-1-8(2-4-10)9-5-6-16-14(7-9)11(13)15/h1-5H,6-7H2. The fourth-order valence-corrected chi connectivity index (χ4v) is 1.71. The van der Waals surface area contributed by atoms with Crippen LogP contribution in [0.5, 0.6) is 0 Å². The van der Waals surface area contributed by atoms with Gasteiger partial charge in [0.05, 0.1) is 13.2 Å². The van der Waals surface area contributed by atoms with Crippen LogP contribution in [-0.4, -0.2) is 23.6 Å². The van der Waals surface area contributed by atoms with Gasteiger partial charge in [0.2, 0.25) is 0 Å². The van der Waals surface area contributed by atoms with Gasteiger partial charge in [-0.15, -0.1) is 0 Å². The first-order valence-corrected chi connectivity index (χ1v) is 5.47. The van der Waals surface area contributed by atoms with E-state index in [-0.39, 0.29) is 0 Å². The van der Waals surface area contributed by atoms with Crippen LogP contribution in [0.25, 0.3) is 5.57 Å². The second-order valence-corrected chi connectivity index (χ2v) is 4.08. The van der Waals surface area contributed by atoms with Crippen LogP contribution in [0.3, 0.4) is 0 Å². The molecule has 0 aromatic heterocycles. The molecule has 5 heteroatoms. The molecule has 0 fully saturated rings. The maximum absolute atomic E-state index is 10.9. The molecule has 0 bridgehead atoms. The predicted molar refractivity (Wildman–Crippen MR) is 63.3 cm³/mol. The zero-order valence-electron chi connectivity index (χ0n) is 8.32. The van der Waals surface area contributed by atoms with Gasteiger partial charge in [-0.2, -0.15) is 0 Å². The van der Waals surface area contributed by atoms with Crippen molar-refractivity contribution in [1.29, 1.82) is 0 Å². The normalized spacial score (nSPS) is 15.9. The number of hydrogen-bond acceptors (Lipinski definition) is 2. The van der Waals surface area contributed by atoms with E-state index in [2.05, 4.69) is 0 Å². The van der Waals surface area contributed by atoms with Gasteiger partial charge in [0.15, 0.2) is 0 Å². The maximum Gasteiger partial charge on any atom is 0.340 e. The van der Waals surface area contributed by atoms with Crippen LogP contribution in [0, 0.1) is 0 Å². The summed E-state index contributed by atoms with van der Waals surface area (Å²) in [5.74, 6) is 0. The van der Waals surface area contributed by atoms with E-state index in [0.29, 0.717) is 18.2 Å². The average Bonchev–Trinajstić information content (AvgIpc) is 2.30. The van der Waals surface area contributed by atoms with E-state index in [1.807, 2.05) is 18.2 Å². The molecule has 16 heavy (non-hydrogen) atoms. The fourth-order valence-electron chi connectivity index (χ4n) is 1.48. The maximum atomic E-state index is 10.9. The number of halogens is 2. The fraction of sp³-hybridized carbons (Fsp3) is 0.182. The van der Waals surface area contributed by atoms with E-state index in [4.69, 9.17) is 28.0 Å². The van der Waals surface area contributed by atoms with Crippen molar-refractivity contribution in [2.75, 3.05) is 13.2 Å². The van der Waals surface area contributed by atoms with Gasteiger partial charge in [-0.25, -0.2) is 5.06 Å². The van der Waals surface area contributed by atoms with Gasteiger partial charge < -0.3 is 0 Å². The van der Waals surface area contributed by atoms with Gasteiger partial charge in [0.25, 0.3) is 0 Å². The Bertz CT molecular complexity index is 428. The Hall–Kier alpha value is -1.03. The number of hydroxylamine groups is 2. The molecular formula is C11H9Cl2NO2. The van der Waals surface area contributed by atoms with Crippen molar-refractivity contribution < 1.29 is 9.63 Å². The smallest absolute Gasteiger partial charge is 0.265 e. The summed E-state index contributed by atoms with van der Waals surface area (Å²) >= 11 is 11.1. The second kappa shape index (κ2) is 4.87. The Labute approximate surface area is 103 Å². The number of benzene rings is 1. The summed E-state index contributed by atoms with van der Waals surface area (Å²) in [6.45, 7) is 0.695. The van der Waals surface area contributed by atoms with Gasteiger partial charge in [-0.3, -0.25) is 9.63 Å². The number of hydrogen-bond donors (Lipinski definition) is 0. The van der Waals surface area contributed by atoms with E-state index in [1.165, 1.54) is 0 Å². The molecule has 2 rings (SSSR count). The third-order valence-electron chi connectivity index (χ3n) is 2.29. The largest absolute Gasteiger partial charge is 0.340 e. The summed E-state index contributed by atoms with van der Waals surface area (Å²) in [6, 6.07) is 7.41. The van der Waals surface area contributed by atoms with Crippen LogP contribution in [-0.2, 0) is 4.84 Å². The molecule has 1 heterocycles. The number of nitrogens with zero attached hydrogens (tertiary/aromatic N) is 1. The van der Waals surface area contributed by atoms with Crippen molar-refractivity contribution in [2.24, 2.45) is 0 Å². The lowest BCUT2D eigenvalue weighted by Gasteiger charge is -2.24. The molecule has 0 spiro atoms. The molecule has 0 radical (unpaired) electrons. The molecule has 0 saturated heterocycles. The predicted octanol–water partition coefficient (Wildman–Crippen LogP) is 3.33. The lowest BCUT2D eigenvalue weighted by molar-refractivity contribution is -0.0924. The summed E-state index contributed by atoms with van der Waals surface area (Å²) in [6.07, 6.45) is 1.92. The monoisotopic (exact) mass is 257 g/mol. The van der Waals surface area contributed by atoms with Gasteiger partial charge in [0, 0.05) is 5.02 Å². The number of carbonyl (C=O) groups excluding carboxylic acids is 1. The molecule has 0 saturated carbocycles. The minimum Gasteiger partial charge on any atom is -0.265 e. The number of amides is 1. The van der Waals surface area contributed by atoms with Crippen LogP contribution in [0.2, 0.25) is 5.02 Å². The minimum absolute atomic E-state index is 0.344. The summed E-state index contributed by atoms with van der Waals surface area (Å²) in [7, 11) is 0. The minimum atomic E-state index is -0.612. The third-order valence-corrected chi connectivity index (χ3v) is 2.73. The van der Waals surface area contributed by atoms with Crippen molar-refractivity contribution in [3.8, 4) is 0 Å². The van der Waals surface area contributed by atoms with Crippen molar-refractivity contribution >= 4 is 34.1 Å². The SMILES string of the molecule is O=C(Cl)N1CC(c2ccc(Cl)cc2)=CCO1. The van der Waals surface area contributed by atoms with Crippen molar-refractivity contribution in [1.82, 2.24) is 5.06 Å². The molecule has 1 aliphatic rings. The quantitative estimate of drug-likeness (QED) is 0.571. The zero-order valence-corrected chi connectivity index (χ0v) is 9.83. The van der Waals surface area contributed by atoms with Gasteiger partial charge in [-0.05, 0) is 34.9 Å². The number of rotatable bonds is 1. The highest BCUT2D eigenvalue weighted by molar-refractivity contribution is 6.62. The summed E-state index contributed by atoms with van der Waals surface area (Å²) in [4.78, 5) is 16.0. The summed E-state index contributed by atoms with van der Waals surface area (Å²) < 4.78 is 0. The van der Waals surface area contributed by atoms with E-state index in [1.54, 1.807) is 12.1 Å². The first-order valence-electron chi connectivity index (χ1n) is 4.72. The highest BCUT2D eigenvalue weighted by atomic mass is 35.5. The Morgan fingerprint density at radius 1 is 1.31 bits per heavy atom. The van der Waals surface area contributed by atoms with Gasteiger partial charge >= 0.3 is 5.37 Å². The molecule has 1 aliphatic heterocycles. The summed E-state index contributed by atoms with van der Waals surface area (Å²) in [5.41, 5.74) is 2.01. The Morgan fingerprint density at radius 3 is 2.62 bits per heavy atom. The average molecular weight is 258 g/mol. The Balaban J connectivity index is 2.18. The molecule has 1 aromatic rings. The van der Waals surface area contributed by atoms with Crippen molar-refractivity contribution in [2.45, 2.75) is 0 Å². The second-order valence-electron chi connectivity index (χ2n) is 3.32. The molecule has 1 aromatic carbocycles. The highest BCUT2D eigenvalue weighted by Crippen LogP contribution is 2.22. The molecule has 84 valence electrons. The lowest BCUT2D eigenvalue weighted by atomic mass is 10.1. The molecule has 3 nitrogen and oxygen atoms in total. The zero-order chi connectivity index (χ0) is 11.5. The van der Waals surface area contributed by atoms with Crippen LogP contribution in [0.1, 0.15) is 5.56 Å². The Morgan fingerprint density at radius 2 is 2.00 bits per heavy atom. The molecule has 0 N–H and O–H groups in total. The van der Waals surface area contributed by atoms with Gasteiger partial charge in [-0.1, -0.05) is 29.8 Å². The Kier molecular flexibility index (Phi) is 3.49. The molecule has 0 atom stereocenters. The third kappa shape index (κ3) is 2.55. The molecule has 0 aliphatic carbocycles.